The van der Waals surface area contributed by atoms with Gasteiger partial charge in [-0.05, 0) is 17.0 Å². The maximum absolute atomic E-state index is 12.7. The molecular weight excluding hydrogens is 362 g/mol. The Bertz CT molecular complexity index is 1120. The zero-order chi connectivity index (χ0) is 18.6. The average Bonchev–Trinajstić information content (AvgIpc) is 3.35. The van der Waals surface area contributed by atoms with Gasteiger partial charge < -0.3 is 5.32 Å². The normalized spacial score (nSPS) is 11.0. The fourth-order valence-electron chi connectivity index (χ4n) is 2.82. The van der Waals surface area contributed by atoms with Crippen molar-refractivity contribution in [2.24, 2.45) is 0 Å². The minimum atomic E-state index is -0.127. The zero-order valence-electron chi connectivity index (χ0n) is 14.4. The summed E-state index contributed by atoms with van der Waals surface area (Å²) in [6.45, 7) is 1.31. The third-order valence-electron chi connectivity index (χ3n) is 4.17. The van der Waals surface area contributed by atoms with E-state index < -0.39 is 0 Å². The molecule has 136 valence electrons. The first-order chi connectivity index (χ1) is 13.2. The fraction of sp³-hybridized carbons (Fsp3) is 0.158. The molecule has 3 heterocycles. The second-order valence-electron chi connectivity index (χ2n) is 6.00. The number of carbonyl (C=O) groups excluding carboxylic acids is 1. The van der Waals surface area contributed by atoms with Crippen LogP contribution in [-0.2, 0) is 13.1 Å². The molecule has 1 aromatic carbocycles. The van der Waals surface area contributed by atoms with Crippen molar-refractivity contribution in [2.45, 2.75) is 13.1 Å². The lowest BCUT2D eigenvalue weighted by atomic mass is 10.2. The molecule has 1 N–H and O–H groups in total. The maximum Gasteiger partial charge on any atom is 0.264 e. The van der Waals surface area contributed by atoms with E-state index in [2.05, 4.69) is 15.4 Å². The molecule has 4 aromatic rings. The lowest BCUT2D eigenvalue weighted by Gasteiger charge is -2.07. The SMILES string of the molecule is O=C(NCCn1ncc2c(=O)n(Cc3ccccc3)cnc21)c1cccs1. The van der Waals surface area contributed by atoms with Crippen LogP contribution in [0.25, 0.3) is 11.0 Å². The number of hydrogen-bond acceptors (Lipinski definition) is 5. The largest absolute Gasteiger partial charge is 0.349 e. The highest BCUT2D eigenvalue weighted by molar-refractivity contribution is 7.12. The highest BCUT2D eigenvalue weighted by atomic mass is 32.1. The predicted molar refractivity (Wildman–Crippen MR) is 104 cm³/mol. The van der Waals surface area contributed by atoms with Crippen molar-refractivity contribution in [1.82, 2.24) is 24.6 Å². The van der Waals surface area contributed by atoms with Crippen LogP contribution in [0.1, 0.15) is 15.2 Å². The summed E-state index contributed by atoms with van der Waals surface area (Å²) in [5.74, 6) is -0.111. The van der Waals surface area contributed by atoms with E-state index in [0.29, 0.717) is 35.5 Å². The van der Waals surface area contributed by atoms with Crippen LogP contribution in [0.5, 0.6) is 0 Å². The minimum absolute atomic E-state index is 0.111. The van der Waals surface area contributed by atoms with Crippen molar-refractivity contribution in [3.63, 3.8) is 0 Å². The Morgan fingerprint density at radius 1 is 1.15 bits per heavy atom. The third-order valence-corrected chi connectivity index (χ3v) is 5.04. The van der Waals surface area contributed by atoms with E-state index >= 15 is 0 Å². The molecule has 0 aliphatic rings. The summed E-state index contributed by atoms with van der Waals surface area (Å²) in [4.78, 5) is 29.7. The van der Waals surface area contributed by atoms with Gasteiger partial charge in [-0.2, -0.15) is 5.10 Å². The first kappa shape index (κ1) is 17.2. The van der Waals surface area contributed by atoms with E-state index in [9.17, 15) is 9.59 Å². The van der Waals surface area contributed by atoms with Gasteiger partial charge in [-0.15, -0.1) is 11.3 Å². The molecule has 0 unspecified atom stereocenters. The molecule has 0 radical (unpaired) electrons. The second kappa shape index (κ2) is 7.55. The molecule has 3 aromatic heterocycles. The molecular formula is C19H17N5O2S. The molecule has 0 aliphatic carbocycles. The van der Waals surface area contributed by atoms with E-state index in [0.717, 1.165) is 5.56 Å². The van der Waals surface area contributed by atoms with Gasteiger partial charge in [-0.1, -0.05) is 36.4 Å². The Morgan fingerprint density at radius 2 is 2.00 bits per heavy atom. The summed E-state index contributed by atoms with van der Waals surface area (Å²) in [7, 11) is 0. The number of thiophene rings is 1. The molecule has 0 spiro atoms. The molecule has 0 atom stereocenters. The molecule has 0 aliphatic heterocycles. The summed E-state index contributed by atoms with van der Waals surface area (Å²) < 4.78 is 3.21. The van der Waals surface area contributed by atoms with Crippen molar-refractivity contribution in [3.05, 3.63) is 81.2 Å². The number of carbonyl (C=O) groups is 1. The fourth-order valence-corrected chi connectivity index (χ4v) is 3.46. The molecule has 0 fully saturated rings. The van der Waals surface area contributed by atoms with Crippen LogP contribution in [0.15, 0.2) is 65.2 Å². The van der Waals surface area contributed by atoms with Gasteiger partial charge in [0.05, 0.1) is 24.2 Å². The topological polar surface area (TPSA) is 81.8 Å². The van der Waals surface area contributed by atoms with Crippen LogP contribution < -0.4 is 10.9 Å². The first-order valence-corrected chi connectivity index (χ1v) is 9.37. The molecule has 1 amide bonds. The van der Waals surface area contributed by atoms with Gasteiger partial charge in [-0.25, -0.2) is 9.67 Å². The Labute approximate surface area is 158 Å². The lowest BCUT2D eigenvalue weighted by Crippen LogP contribution is -2.27. The lowest BCUT2D eigenvalue weighted by molar-refractivity contribution is 0.0956. The summed E-state index contributed by atoms with van der Waals surface area (Å²) in [6, 6.07) is 13.4. The summed E-state index contributed by atoms with van der Waals surface area (Å²) in [5.41, 5.74) is 1.43. The van der Waals surface area contributed by atoms with Crippen LogP contribution in [-0.4, -0.2) is 31.8 Å². The highest BCUT2D eigenvalue weighted by Gasteiger charge is 2.11. The number of aromatic nitrogens is 4. The summed E-state index contributed by atoms with van der Waals surface area (Å²) in [5, 5.41) is 9.43. The number of hydrogen-bond donors (Lipinski definition) is 1. The van der Waals surface area contributed by atoms with E-state index in [1.165, 1.54) is 17.5 Å². The predicted octanol–water partition coefficient (Wildman–Crippen LogP) is 2.13. The van der Waals surface area contributed by atoms with Crippen LogP contribution in [0.2, 0.25) is 0 Å². The molecule has 8 heteroatoms. The quantitative estimate of drug-likeness (QED) is 0.556. The van der Waals surface area contributed by atoms with Crippen LogP contribution >= 0.6 is 11.3 Å². The van der Waals surface area contributed by atoms with E-state index in [-0.39, 0.29) is 11.5 Å². The van der Waals surface area contributed by atoms with Crippen molar-refractivity contribution in [2.75, 3.05) is 6.54 Å². The van der Waals surface area contributed by atoms with Crippen molar-refractivity contribution in [3.8, 4) is 0 Å². The molecule has 4 rings (SSSR count). The molecule has 0 saturated carbocycles. The second-order valence-corrected chi connectivity index (χ2v) is 6.95. The Kier molecular flexibility index (Phi) is 4.80. The minimum Gasteiger partial charge on any atom is -0.349 e. The van der Waals surface area contributed by atoms with Gasteiger partial charge in [0.1, 0.15) is 11.7 Å². The average molecular weight is 379 g/mol. The van der Waals surface area contributed by atoms with Gasteiger partial charge in [0.2, 0.25) is 0 Å². The van der Waals surface area contributed by atoms with Gasteiger partial charge in [0.15, 0.2) is 5.65 Å². The molecule has 27 heavy (non-hydrogen) atoms. The number of nitrogens with one attached hydrogen (secondary N) is 1. The molecule has 0 bridgehead atoms. The Morgan fingerprint density at radius 3 is 2.78 bits per heavy atom. The zero-order valence-corrected chi connectivity index (χ0v) is 15.2. The van der Waals surface area contributed by atoms with Crippen LogP contribution in [0.3, 0.4) is 0 Å². The third kappa shape index (κ3) is 3.65. The van der Waals surface area contributed by atoms with Crippen LogP contribution in [0, 0.1) is 0 Å². The smallest absolute Gasteiger partial charge is 0.264 e. The summed E-state index contributed by atoms with van der Waals surface area (Å²) in [6.07, 6.45) is 3.08. The number of fused-ring (bicyclic) bond motifs is 1. The standard InChI is InChI=1S/C19H17N5O2S/c25-18(16-7-4-10-27-16)20-8-9-24-17-15(11-22-24)19(26)23(13-21-17)12-14-5-2-1-3-6-14/h1-7,10-11,13H,8-9,12H2,(H,20,25). The van der Waals surface area contributed by atoms with Gasteiger partial charge in [0.25, 0.3) is 11.5 Å². The maximum atomic E-state index is 12.7. The molecule has 0 saturated heterocycles. The monoisotopic (exact) mass is 379 g/mol. The van der Waals surface area contributed by atoms with Gasteiger partial charge in [-0.3, -0.25) is 14.2 Å². The highest BCUT2D eigenvalue weighted by Crippen LogP contribution is 2.09. The number of rotatable bonds is 6. The van der Waals surface area contributed by atoms with E-state index in [4.69, 9.17) is 0 Å². The van der Waals surface area contributed by atoms with E-state index in [1.807, 2.05) is 41.8 Å². The molecule has 7 nitrogen and oxygen atoms in total. The van der Waals surface area contributed by atoms with Crippen molar-refractivity contribution in [1.29, 1.82) is 0 Å². The van der Waals surface area contributed by atoms with Crippen molar-refractivity contribution < 1.29 is 4.79 Å². The Balaban J connectivity index is 1.48. The number of benzene rings is 1. The summed E-state index contributed by atoms with van der Waals surface area (Å²) >= 11 is 1.39. The van der Waals surface area contributed by atoms with Crippen LogP contribution in [0.4, 0.5) is 0 Å². The van der Waals surface area contributed by atoms with E-state index in [1.54, 1.807) is 21.6 Å². The first-order valence-electron chi connectivity index (χ1n) is 8.49. The Hall–Kier alpha value is -3.26. The van der Waals surface area contributed by atoms with Gasteiger partial charge in [0, 0.05) is 6.54 Å². The van der Waals surface area contributed by atoms with Gasteiger partial charge >= 0.3 is 0 Å². The number of nitrogens with zero attached hydrogens (tertiary/aromatic N) is 4. The van der Waals surface area contributed by atoms with Crippen molar-refractivity contribution >= 4 is 28.3 Å². The number of amides is 1.